The molecule has 0 atom stereocenters. The van der Waals surface area contributed by atoms with Crippen LogP contribution in [0.1, 0.15) is 21.6 Å². The van der Waals surface area contributed by atoms with Gasteiger partial charge in [0.15, 0.2) is 11.6 Å². The summed E-state index contributed by atoms with van der Waals surface area (Å²) in [4.78, 5) is 12.6. The summed E-state index contributed by atoms with van der Waals surface area (Å²) >= 11 is 0. The highest BCUT2D eigenvalue weighted by Gasteiger charge is 2.19. The van der Waals surface area contributed by atoms with Crippen molar-refractivity contribution in [3.05, 3.63) is 77.5 Å². The first-order valence-electron chi connectivity index (χ1n) is 6.72. The quantitative estimate of drug-likeness (QED) is 0.715. The van der Waals surface area contributed by atoms with Gasteiger partial charge in [0.1, 0.15) is 0 Å². The van der Waals surface area contributed by atoms with Gasteiger partial charge in [-0.3, -0.25) is 9.89 Å². The van der Waals surface area contributed by atoms with Gasteiger partial charge in [-0.25, -0.2) is 0 Å². The molecule has 0 unspecified atom stereocenters. The maximum Gasteiger partial charge on any atom is 0.198 e. The van der Waals surface area contributed by atoms with E-state index >= 15 is 0 Å². The lowest BCUT2D eigenvalue weighted by atomic mass is 10.0. The molecule has 0 radical (unpaired) electrons. The van der Waals surface area contributed by atoms with Crippen molar-refractivity contribution in [2.24, 2.45) is 0 Å². The Hall–Kier alpha value is -2.88. The van der Waals surface area contributed by atoms with Gasteiger partial charge >= 0.3 is 0 Å². The molecule has 0 aliphatic heterocycles. The van der Waals surface area contributed by atoms with Gasteiger partial charge in [-0.05, 0) is 19.1 Å². The van der Waals surface area contributed by atoms with E-state index in [4.69, 9.17) is 0 Å². The van der Waals surface area contributed by atoms with Gasteiger partial charge in [0, 0.05) is 16.9 Å². The van der Waals surface area contributed by atoms with Crippen LogP contribution in [0.5, 0.6) is 0 Å². The number of ketones is 1. The van der Waals surface area contributed by atoms with Gasteiger partial charge in [0.25, 0.3) is 0 Å². The number of aromatic amines is 1. The number of carbonyl (C=O) groups excluding carboxylic acids is 1. The van der Waals surface area contributed by atoms with Crippen molar-refractivity contribution in [1.82, 2.24) is 10.2 Å². The number of rotatable bonds is 4. The largest absolute Gasteiger partial charge is 0.338 e. The van der Waals surface area contributed by atoms with E-state index in [1.165, 1.54) is 0 Å². The number of nitrogens with zero attached hydrogens (tertiary/aromatic N) is 1. The fourth-order valence-corrected chi connectivity index (χ4v) is 2.19. The molecule has 2 N–H and O–H groups in total. The molecule has 0 amide bonds. The van der Waals surface area contributed by atoms with Crippen LogP contribution in [0, 0.1) is 6.92 Å². The van der Waals surface area contributed by atoms with E-state index in [0.29, 0.717) is 16.9 Å². The zero-order chi connectivity index (χ0) is 14.7. The Labute approximate surface area is 122 Å². The summed E-state index contributed by atoms with van der Waals surface area (Å²) in [5, 5.41) is 10.3. The minimum absolute atomic E-state index is 0.0414. The third-order valence-corrected chi connectivity index (χ3v) is 3.25. The molecule has 4 heteroatoms. The molecule has 1 aromatic heterocycles. The molecule has 0 spiro atoms. The Kier molecular flexibility index (Phi) is 3.51. The molecule has 0 bridgehead atoms. The fourth-order valence-electron chi connectivity index (χ4n) is 2.19. The van der Waals surface area contributed by atoms with Crippen molar-refractivity contribution in [1.29, 1.82) is 0 Å². The van der Waals surface area contributed by atoms with Gasteiger partial charge in [-0.15, -0.1) is 0 Å². The third-order valence-electron chi connectivity index (χ3n) is 3.25. The molecule has 0 aliphatic carbocycles. The molecule has 104 valence electrons. The summed E-state index contributed by atoms with van der Waals surface area (Å²) in [6, 6.07) is 18.9. The van der Waals surface area contributed by atoms with Crippen LogP contribution in [0.25, 0.3) is 0 Å². The van der Waals surface area contributed by atoms with Crippen LogP contribution in [-0.2, 0) is 0 Å². The highest BCUT2D eigenvalue weighted by Crippen LogP contribution is 2.23. The van der Waals surface area contributed by atoms with E-state index in [-0.39, 0.29) is 5.78 Å². The first kappa shape index (κ1) is 13.1. The molecule has 1 heterocycles. The number of H-pyrrole nitrogens is 1. The molecule has 0 saturated carbocycles. The maximum absolute atomic E-state index is 12.6. The number of hydrogen-bond acceptors (Lipinski definition) is 3. The second-order valence-corrected chi connectivity index (χ2v) is 4.76. The molecule has 21 heavy (non-hydrogen) atoms. The number of anilines is 2. The number of carbonyl (C=O) groups is 1. The summed E-state index contributed by atoms with van der Waals surface area (Å²) in [5.41, 5.74) is 2.87. The lowest BCUT2D eigenvalue weighted by Gasteiger charge is -2.06. The van der Waals surface area contributed by atoms with E-state index in [9.17, 15) is 4.79 Å². The van der Waals surface area contributed by atoms with Gasteiger partial charge in [-0.2, -0.15) is 5.10 Å². The summed E-state index contributed by atoms with van der Waals surface area (Å²) in [6.07, 6.45) is 0. The number of nitrogens with one attached hydrogen (secondary N) is 2. The molecular weight excluding hydrogens is 262 g/mol. The van der Waals surface area contributed by atoms with Crippen molar-refractivity contribution >= 4 is 17.3 Å². The number of benzene rings is 2. The molecule has 0 fully saturated rings. The zero-order valence-electron chi connectivity index (χ0n) is 11.6. The highest BCUT2D eigenvalue weighted by atomic mass is 16.1. The van der Waals surface area contributed by atoms with E-state index in [0.717, 1.165) is 11.4 Å². The van der Waals surface area contributed by atoms with E-state index < -0.39 is 0 Å². The predicted molar refractivity (Wildman–Crippen MR) is 82.9 cm³/mol. The summed E-state index contributed by atoms with van der Waals surface area (Å²) in [7, 11) is 0. The molecule has 2 aromatic carbocycles. The van der Waals surface area contributed by atoms with Crippen LogP contribution in [-0.4, -0.2) is 16.0 Å². The van der Waals surface area contributed by atoms with Crippen LogP contribution >= 0.6 is 0 Å². The first-order valence-corrected chi connectivity index (χ1v) is 6.72. The van der Waals surface area contributed by atoms with Crippen molar-refractivity contribution in [3.63, 3.8) is 0 Å². The lowest BCUT2D eigenvalue weighted by Crippen LogP contribution is -2.05. The minimum Gasteiger partial charge on any atom is -0.338 e. The number of aromatic nitrogens is 2. The van der Waals surface area contributed by atoms with Crippen LogP contribution in [0.15, 0.2) is 60.7 Å². The Morgan fingerprint density at radius 2 is 1.62 bits per heavy atom. The van der Waals surface area contributed by atoms with Crippen LogP contribution in [0.4, 0.5) is 11.5 Å². The van der Waals surface area contributed by atoms with E-state index in [1.807, 2.05) is 55.5 Å². The summed E-state index contributed by atoms with van der Waals surface area (Å²) < 4.78 is 0. The standard InChI is InChI=1S/C17H15N3O/c1-12-15(16(21)13-8-4-2-5-9-13)17(20-19-12)18-14-10-6-3-7-11-14/h2-11H,1H3,(H2,18,19,20). The lowest BCUT2D eigenvalue weighted by molar-refractivity contribution is 0.103. The Bertz CT molecular complexity index is 748. The van der Waals surface area contributed by atoms with E-state index in [1.54, 1.807) is 12.1 Å². The maximum atomic E-state index is 12.6. The number of hydrogen-bond donors (Lipinski definition) is 2. The van der Waals surface area contributed by atoms with Crippen molar-refractivity contribution in [2.45, 2.75) is 6.92 Å². The molecule has 4 nitrogen and oxygen atoms in total. The minimum atomic E-state index is -0.0414. The normalized spacial score (nSPS) is 10.3. The van der Waals surface area contributed by atoms with Crippen molar-refractivity contribution in [3.8, 4) is 0 Å². The molecule has 3 aromatic rings. The Balaban J connectivity index is 1.96. The second kappa shape index (κ2) is 5.63. The SMILES string of the molecule is Cc1[nH]nc(Nc2ccccc2)c1C(=O)c1ccccc1. The van der Waals surface area contributed by atoms with Crippen LogP contribution in [0.3, 0.4) is 0 Å². The number of aryl methyl sites for hydroxylation is 1. The summed E-state index contributed by atoms with van der Waals surface area (Å²) in [6.45, 7) is 1.85. The predicted octanol–water partition coefficient (Wildman–Crippen LogP) is 3.69. The second-order valence-electron chi connectivity index (χ2n) is 4.76. The molecular formula is C17H15N3O. The van der Waals surface area contributed by atoms with Crippen LogP contribution < -0.4 is 5.32 Å². The average molecular weight is 277 g/mol. The first-order chi connectivity index (χ1) is 10.3. The topological polar surface area (TPSA) is 57.8 Å². The molecule has 0 aliphatic rings. The zero-order valence-corrected chi connectivity index (χ0v) is 11.6. The van der Waals surface area contributed by atoms with Gasteiger partial charge in [-0.1, -0.05) is 48.5 Å². The van der Waals surface area contributed by atoms with E-state index in [2.05, 4.69) is 15.5 Å². The smallest absolute Gasteiger partial charge is 0.198 e. The van der Waals surface area contributed by atoms with Crippen molar-refractivity contribution in [2.75, 3.05) is 5.32 Å². The average Bonchev–Trinajstić information content (AvgIpc) is 2.89. The van der Waals surface area contributed by atoms with Gasteiger partial charge in [0.05, 0.1) is 5.56 Å². The third kappa shape index (κ3) is 2.69. The van der Waals surface area contributed by atoms with Gasteiger partial charge in [0.2, 0.25) is 0 Å². The Morgan fingerprint density at radius 3 is 2.29 bits per heavy atom. The fraction of sp³-hybridized carbons (Fsp3) is 0.0588. The van der Waals surface area contributed by atoms with Crippen molar-refractivity contribution < 1.29 is 4.79 Å². The Morgan fingerprint density at radius 1 is 1.00 bits per heavy atom. The number of para-hydroxylation sites is 1. The summed E-state index contributed by atoms with van der Waals surface area (Å²) in [5.74, 6) is 0.507. The molecule has 0 saturated heterocycles. The van der Waals surface area contributed by atoms with Crippen LogP contribution in [0.2, 0.25) is 0 Å². The monoisotopic (exact) mass is 277 g/mol. The van der Waals surface area contributed by atoms with Gasteiger partial charge < -0.3 is 5.32 Å². The molecule has 3 rings (SSSR count). The highest BCUT2D eigenvalue weighted by molar-refractivity contribution is 6.12.